The van der Waals surface area contributed by atoms with Crippen LogP contribution < -0.4 is 5.32 Å². The maximum absolute atomic E-state index is 11.9. The van der Waals surface area contributed by atoms with E-state index in [-0.39, 0.29) is 23.9 Å². The van der Waals surface area contributed by atoms with E-state index in [1.807, 2.05) is 20.8 Å². The Morgan fingerprint density at radius 3 is 2.67 bits per heavy atom. The number of likely N-dealkylation sites (tertiary alicyclic amines) is 1. The monoisotopic (exact) mass is 212 g/mol. The summed E-state index contributed by atoms with van der Waals surface area (Å²) >= 11 is 0. The van der Waals surface area contributed by atoms with Crippen LogP contribution in [0.25, 0.3) is 0 Å². The number of carbonyl (C=O) groups is 2. The van der Waals surface area contributed by atoms with Crippen molar-refractivity contribution >= 4 is 11.8 Å². The molecule has 1 aliphatic heterocycles. The zero-order valence-corrected chi connectivity index (χ0v) is 9.75. The Kier molecular flexibility index (Phi) is 4.27. The van der Waals surface area contributed by atoms with Crippen LogP contribution in [0.2, 0.25) is 0 Å². The first-order valence-corrected chi connectivity index (χ1v) is 5.71. The van der Waals surface area contributed by atoms with E-state index in [0.29, 0.717) is 6.42 Å². The van der Waals surface area contributed by atoms with Gasteiger partial charge in [0.1, 0.15) is 0 Å². The van der Waals surface area contributed by atoms with Crippen molar-refractivity contribution < 1.29 is 9.59 Å². The van der Waals surface area contributed by atoms with Crippen molar-refractivity contribution in [2.75, 3.05) is 6.54 Å². The summed E-state index contributed by atoms with van der Waals surface area (Å²) in [6.45, 7) is 6.73. The van der Waals surface area contributed by atoms with Crippen LogP contribution in [0, 0.1) is 0 Å². The van der Waals surface area contributed by atoms with Gasteiger partial charge in [0.05, 0.1) is 12.5 Å². The Morgan fingerprint density at radius 1 is 1.47 bits per heavy atom. The van der Waals surface area contributed by atoms with E-state index in [4.69, 9.17) is 0 Å². The number of hydrogen-bond acceptors (Lipinski definition) is 3. The van der Waals surface area contributed by atoms with E-state index in [1.165, 1.54) is 4.90 Å². The number of carbonyl (C=O) groups excluding carboxylic acids is 2. The molecule has 2 amide bonds. The third kappa shape index (κ3) is 2.56. The fourth-order valence-corrected chi connectivity index (χ4v) is 1.77. The molecule has 0 radical (unpaired) electrons. The van der Waals surface area contributed by atoms with Gasteiger partial charge in [-0.3, -0.25) is 14.5 Å². The summed E-state index contributed by atoms with van der Waals surface area (Å²) in [5.41, 5.74) is 0. The molecule has 0 aromatic carbocycles. The highest BCUT2D eigenvalue weighted by Crippen LogP contribution is 2.17. The second kappa shape index (κ2) is 5.26. The first-order chi connectivity index (χ1) is 7.11. The van der Waals surface area contributed by atoms with E-state index in [0.717, 1.165) is 19.4 Å². The lowest BCUT2D eigenvalue weighted by Crippen LogP contribution is -2.42. The maximum Gasteiger partial charge on any atom is 0.247 e. The molecule has 2 unspecified atom stereocenters. The molecule has 4 heteroatoms. The van der Waals surface area contributed by atoms with Crippen LogP contribution in [0.5, 0.6) is 0 Å². The van der Waals surface area contributed by atoms with Crippen LogP contribution in [-0.2, 0) is 9.59 Å². The highest BCUT2D eigenvalue weighted by Gasteiger charge is 2.39. The molecule has 4 nitrogen and oxygen atoms in total. The molecule has 0 bridgehead atoms. The molecule has 0 saturated carbocycles. The van der Waals surface area contributed by atoms with Crippen LogP contribution in [0.3, 0.4) is 0 Å². The quantitative estimate of drug-likeness (QED) is 0.689. The van der Waals surface area contributed by atoms with E-state index in [9.17, 15) is 9.59 Å². The van der Waals surface area contributed by atoms with Gasteiger partial charge < -0.3 is 5.32 Å². The largest absolute Gasteiger partial charge is 0.305 e. The van der Waals surface area contributed by atoms with Gasteiger partial charge in [0, 0.05) is 6.04 Å². The molecular weight excluding hydrogens is 192 g/mol. The lowest BCUT2D eigenvalue weighted by Gasteiger charge is -2.21. The summed E-state index contributed by atoms with van der Waals surface area (Å²) in [6, 6.07) is -0.259. The van der Waals surface area contributed by atoms with Crippen LogP contribution >= 0.6 is 0 Å². The molecule has 86 valence electrons. The number of rotatable bonds is 5. The van der Waals surface area contributed by atoms with Crippen LogP contribution in [0.4, 0.5) is 0 Å². The highest BCUT2D eigenvalue weighted by atomic mass is 16.2. The molecule has 2 atom stereocenters. The Bertz CT molecular complexity index is 253. The minimum atomic E-state index is -0.286. The lowest BCUT2D eigenvalue weighted by molar-refractivity contribution is -0.141. The van der Waals surface area contributed by atoms with Gasteiger partial charge >= 0.3 is 0 Å². The van der Waals surface area contributed by atoms with Gasteiger partial charge in [0.25, 0.3) is 0 Å². The third-order valence-corrected chi connectivity index (χ3v) is 2.86. The van der Waals surface area contributed by atoms with Gasteiger partial charge in [-0.2, -0.15) is 0 Å². The second-order valence-corrected chi connectivity index (χ2v) is 4.07. The summed E-state index contributed by atoms with van der Waals surface area (Å²) in [7, 11) is 0. The SMILES string of the molecule is CCCNC1CC(=O)N(C(C)CC)C1=O. The Hall–Kier alpha value is -0.900. The van der Waals surface area contributed by atoms with Crippen molar-refractivity contribution in [2.24, 2.45) is 0 Å². The summed E-state index contributed by atoms with van der Waals surface area (Å²) in [6.07, 6.45) is 2.11. The molecule has 1 fully saturated rings. The highest BCUT2D eigenvalue weighted by molar-refractivity contribution is 6.05. The van der Waals surface area contributed by atoms with E-state index in [1.54, 1.807) is 0 Å². The normalized spacial score (nSPS) is 23.7. The van der Waals surface area contributed by atoms with Gasteiger partial charge in [-0.1, -0.05) is 13.8 Å². The van der Waals surface area contributed by atoms with Crippen LogP contribution in [0.1, 0.15) is 40.0 Å². The first kappa shape index (κ1) is 12.2. The smallest absolute Gasteiger partial charge is 0.247 e. The lowest BCUT2D eigenvalue weighted by atomic mass is 10.2. The molecule has 1 saturated heterocycles. The number of hydrogen-bond donors (Lipinski definition) is 1. The average Bonchev–Trinajstić information content (AvgIpc) is 2.50. The third-order valence-electron chi connectivity index (χ3n) is 2.86. The van der Waals surface area contributed by atoms with Crippen molar-refractivity contribution in [3.63, 3.8) is 0 Å². The summed E-state index contributed by atoms with van der Waals surface area (Å²) in [5, 5.41) is 3.11. The van der Waals surface area contributed by atoms with Gasteiger partial charge in [0.15, 0.2) is 0 Å². The molecule has 1 N–H and O–H groups in total. The number of nitrogens with one attached hydrogen (secondary N) is 1. The number of nitrogens with zero attached hydrogens (tertiary/aromatic N) is 1. The molecule has 0 aromatic heterocycles. The molecule has 1 aliphatic rings. The molecule has 1 rings (SSSR count). The van der Waals surface area contributed by atoms with E-state index < -0.39 is 0 Å². The minimum Gasteiger partial charge on any atom is -0.305 e. The Labute approximate surface area is 91.0 Å². The molecule has 0 aliphatic carbocycles. The summed E-state index contributed by atoms with van der Waals surface area (Å²) in [5.74, 6) is -0.0919. The predicted molar refractivity (Wildman–Crippen MR) is 58.3 cm³/mol. The zero-order chi connectivity index (χ0) is 11.4. The van der Waals surface area contributed by atoms with E-state index >= 15 is 0 Å². The van der Waals surface area contributed by atoms with Crippen molar-refractivity contribution in [2.45, 2.75) is 52.1 Å². The molecular formula is C11H20N2O2. The van der Waals surface area contributed by atoms with Crippen molar-refractivity contribution in [1.82, 2.24) is 10.2 Å². The van der Waals surface area contributed by atoms with Gasteiger partial charge in [-0.15, -0.1) is 0 Å². The molecule has 15 heavy (non-hydrogen) atoms. The summed E-state index contributed by atoms with van der Waals surface area (Å²) < 4.78 is 0. The standard InChI is InChI=1S/C11H20N2O2/c1-4-6-12-9-7-10(14)13(11(9)15)8(3)5-2/h8-9,12H,4-7H2,1-3H3. The molecule has 1 heterocycles. The molecule has 0 spiro atoms. The van der Waals surface area contributed by atoms with Crippen molar-refractivity contribution in [1.29, 1.82) is 0 Å². The van der Waals surface area contributed by atoms with Crippen LogP contribution in [0.15, 0.2) is 0 Å². The van der Waals surface area contributed by atoms with Gasteiger partial charge in [0.2, 0.25) is 11.8 Å². The van der Waals surface area contributed by atoms with Crippen molar-refractivity contribution in [3.05, 3.63) is 0 Å². The Balaban J connectivity index is 2.62. The Morgan fingerprint density at radius 2 is 2.13 bits per heavy atom. The fraction of sp³-hybridized carbons (Fsp3) is 0.818. The maximum atomic E-state index is 11.9. The first-order valence-electron chi connectivity index (χ1n) is 5.71. The fourth-order valence-electron chi connectivity index (χ4n) is 1.77. The second-order valence-electron chi connectivity index (χ2n) is 4.07. The number of imide groups is 1. The van der Waals surface area contributed by atoms with Crippen molar-refractivity contribution in [3.8, 4) is 0 Å². The zero-order valence-electron chi connectivity index (χ0n) is 9.75. The topological polar surface area (TPSA) is 49.4 Å². The molecule has 0 aromatic rings. The average molecular weight is 212 g/mol. The summed E-state index contributed by atoms with van der Waals surface area (Å²) in [4.78, 5) is 24.9. The van der Waals surface area contributed by atoms with Gasteiger partial charge in [-0.25, -0.2) is 0 Å². The van der Waals surface area contributed by atoms with E-state index in [2.05, 4.69) is 5.32 Å². The number of amides is 2. The predicted octanol–water partition coefficient (Wildman–Crippen LogP) is 0.912. The van der Waals surface area contributed by atoms with Gasteiger partial charge in [-0.05, 0) is 26.3 Å². The van der Waals surface area contributed by atoms with Crippen LogP contribution in [-0.4, -0.2) is 35.3 Å². The minimum absolute atomic E-state index is 0.0263.